The van der Waals surface area contributed by atoms with Crippen molar-refractivity contribution in [1.82, 2.24) is 0 Å². The molecule has 3 unspecified atom stereocenters. The molecule has 5 heteroatoms. The molecule has 0 aromatic rings. The Morgan fingerprint density at radius 3 is 3.06 bits per heavy atom. The van der Waals surface area contributed by atoms with Crippen LogP contribution in [0.1, 0.15) is 32.6 Å². The number of thioether (sulfide) groups is 1. The summed E-state index contributed by atoms with van der Waals surface area (Å²) in [5.41, 5.74) is 0. The van der Waals surface area contributed by atoms with Gasteiger partial charge < -0.3 is 14.6 Å². The zero-order valence-electron chi connectivity index (χ0n) is 9.48. The van der Waals surface area contributed by atoms with E-state index in [2.05, 4.69) is 0 Å². The van der Waals surface area contributed by atoms with Gasteiger partial charge in [-0.05, 0) is 25.5 Å². The molecule has 0 spiro atoms. The minimum atomic E-state index is -0.826. The van der Waals surface area contributed by atoms with E-state index in [0.717, 1.165) is 6.42 Å². The second-order valence-corrected chi connectivity index (χ2v) is 6.03. The summed E-state index contributed by atoms with van der Waals surface area (Å²) in [5, 5.41) is 9.29. The zero-order valence-corrected chi connectivity index (χ0v) is 10.3. The van der Waals surface area contributed by atoms with E-state index >= 15 is 0 Å². The average Bonchev–Trinajstić information content (AvgIpc) is 2.76. The monoisotopic (exact) mass is 246 g/mol. The van der Waals surface area contributed by atoms with Crippen LogP contribution in [0.3, 0.4) is 0 Å². The van der Waals surface area contributed by atoms with Gasteiger partial charge in [-0.1, -0.05) is 0 Å². The van der Waals surface area contributed by atoms with Crippen LogP contribution in [-0.2, 0) is 14.3 Å². The maximum absolute atomic E-state index is 10.6. The Labute approximate surface area is 99.7 Å². The van der Waals surface area contributed by atoms with Crippen molar-refractivity contribution >= 4 is 17.7 Å². The molecule has 2 fully saturated rings. The minimum Gasteiger partial charge on any atom is -0.481 e. The number of carbonyl (C=O) groups is 1. The van der Waals surface area contributed by atoms with Gasteiger partial charge in [0.05, 0.1) is 19.1 Å². The molecule has 0 aromatic heterocycles. The second kappa shape index (κ2) is 4.94. The van der Waals surface area contributed by atoms with E-state index in [1.807, 2.05) is 18.7 Å². The first-order valence-electron chi connectivity index (χ1n) is 5.72. The van der Waals surface area contributed by atoms with Crippen LogP contribution in [-0.4, -0.2) is 40.6 Å². The quantitative estimate of drug-likeness (QED) is 0.820. The first kappa shape index (κ1) is 12.2. The molecule has 0 aliphatic carbocycles. The number of ether oxygens (including phenoxy) is 2. The molecular formula is C11H18O4S. The van der Waals surface area contributed by atoms with Crippen LogP contribution in [0.15, 0.2) is 0 Å². The van der Waals surface area contributed by atoms with Crippen molar-refractivity contribution in [3.63, 3.8) is 0 Å². The second-order valence-electron chi connectivity index (χ2n) is 4.62. The molecule has 16 heavy (non-hydrogen) atoms. The van der Waals surface area contributed by atoms with E-state index in [1.165, 1.54) is 18.6 Å². The highest BCUT2D eigenvalue weighted by atomic mass is 32.2. The van der Waals surface area contributed by atoms with E-state index in [-0.39, 0.29) is 12.5 Å². The van der Waals surface area contributed by atoms with Crippen molar-refractivity contribution < 1.29 is 19.4 Å². The molecule has 4 nitrogen and oxygen atoms in total. The van der Waals surface area contributed by atoms with E-state index in [4.69, 9.17) is 14.6 Å². The van der Waals surface area contributed by atoms with Crippen molar-refractivity contribution in [2.45, 2.75) is 49.7 Å². The van der Waals surface area contributed by atoms with Gasteiger partial charge in [-0.25, -0.2) is 0 Å². The topological polar surface area (TPSA) is 55.8 Å². The number of carboxylic acids is 1. The average molecular weight is 246 g/mol. The van der Waals surface area contributed by atoms with Crippen molar-refractivity contribution in [2.24, 2.45) is 0 Å². The number of carboxylic acid groups (broad SMARTS) is 1. The third-order valence-electron chi connectivity index (χ3n) is 3.02. The van der Waals surface area contributed by atoms with Gasteiger partial charge in [0.1, 0.15) is 0 Å². The van der Waals surface area contributed by atoms with Crippen LogP contribution < -0.4 is 0 Å². The molecule has 2 aliphatic heterocycles. The van der Waals surface area contributed by atoms with E-state index in [9.17, 15) is 4.79 Å². The number of hydrogen-bond donors (Lipinski definition) is 1. The van der Waals surface area contributed by atoms with Crippen LogP contribution in [0.25, 0.3) is 0 Å². The number of hydrogen-bond acceptors (Lipinski definition) is 4. The van der Waals surface area contributed by atoms with Crippen molar-refractivity contribution in [1.29, 1.82) is 0 Å². The molecule has 0 aromatic carbocycles. The van der Waals surface area contributed by atoms with E-state index in [1.54, 1.807) is 0 Å². The Balaban J connectivity index is 1.82. The normalized spacial score (nSPS) is 39.1. The zero-order chi connectivity index (χ0) is 11.6. The molecule has 0 amide bonds. The van der Waals surface area contributed by atoms with E-state index < -0.39 is 11.8 Å². The number of aliphatic carboxylic acids is 1. The Morgan fingerprint density at radius 1 is 1.62 bits per heavy atom. The first-order valence-corrected chi connectivity index (χ1v) is 6.77. The van der Waals surface area contributed by atoms with Crippen molar-refractivity contribution in [3.8, 4) is 0 Å². The predicted molar refractivity (Wildman–Crippen MR) is 61.6 cm³/mol. The summed E-state index contributed by atoms with van der Waals surface area (Å²) >= 11 is 1.97. The van der Waals surface area contributed by atoms with Gasteiger partial charge in [-0.2, -0.15) is 11.8 Å². The van der Waals surface area contributed by atoms with Gasteiger partial charge in [0.25, 0.3) is 0 Å². The largest absolute Gasteiger partial charge is 0.481 e. The summed E-state index contributed by atoms with van der Waals surface area (Å²) in [5.74, 6) is -0.172. The fourth-order valence-corrected chi connectivity index (χ4v) is 3.73. The standard InChI is InChI=1S/C11H18O4S/c1-11(6-9-3-2-4-16-9)14-7-8(15-11)5-10(12)13/h8-9H,2-7H2,1H3,(H,12,13). The summed E-state index contributed by atoms with van der Waals surface area (Å²) < 4.78 is 11.3. The Kier molecular flexibility index (Phi) is 3.77. The lowest BCUT2D eigenvalue weighted by atomic mass is 10.1. The van der Waals surface area contributed by atoms with Crippen LogP contribution in [0.4, 0.5) is 0 Å². The van der Waals surface area contributed by atoms with Crippen LogP contribution in [0.2, 0.25) is 0 Å². The van der Waals surface area contributed by atoms with Gasteiger partial charge in [-0.3, -0.25) is 4.79 Å². The summed E-state index contributed by atoms with van der Waals surface area (Å²) in [4.78, 5) is 10.6. The maximum atomic E-state index is 10.6. The van der Waals surface area contributed by atoms with Gasteiger partial charge in [-0.15, -0.1) is 0 Å². The highest BCUT2D eigenvalue weighted by Gasteiger charge is 2.40. The van der Waals surface area contributed by atoms with Crippen molar-refractivity contribution in [3.05, 3.63) is 0 Å². The predicted octanol–water partition coefficient (Wildman–Crippen LogP) is 1.88. The molecular weight excluding hydrogens is 228 g/mol. The highest BCUT2D eigenvalue weighted by Crippen LogP contribution is 2.37. The minimum absolute atomic E-state index is 0.0351. The summed E-state index contributed by atoms with van der Waals surface area (Å²) in [7, 11) is 0. The first-order chi connectivity index (χ1) is 7.57. The van der Waals surface area contributed by atoms with Gasteiger partial charge >= 0.3 is 5.97 Å². The lowest BCUT2D eigenvalue weighted by molar-refractivity contribution is -0.162. The van der Waals surface area contributed by atoms with Crippen LogP contribution in [0.5, 0.6) is 0 Å². The lowest BCUT2D eigenvalue weighted by Gasteiger charge is -2.25. The Bertz CT molecular complexity index is 265. The molecule has 3 atom stereocenters. The fraction of sp³-hybridized carbons (Fsp3) is 0.909. The fourth-order valence-electron chi connectivity index (χ4n) is 2.31. The summed E-state index contributed by atoms with van der Waals surface area (Å²) in [6.45, 7) is 2.33. The van der Waals surface area contributed by atoms with Gasteiger partial charge in [0, 0.05) is 11.7 Å². The molecule has 2 heterocycles. The Morgan fingerprint density at radius 2 is 2.44 bits per heavy atom. The molecule has 0 radical (unpaired) electrons. The van der Waals surface area contributed by atoms with Gasteiger partial charge in [0.2, 0.25) is 0 Å². The Hall–Kier alpha value is -0.260. The smallest absolute Gasteiger partial charge is 0.306 e. The molecule has 0 bridgehead atoms. The van der Waals surface area contributed by atoms with Crippen LogP contribution >= 0.6 is 11.8 Å². The molecule has 92 valence electrons. The van der Waals surface area contributed by atoms with Crippen LogP contribution in [0, 0.1) is 0 Å². The maximum Gasteiger partial charge on any atom is 0.306 e. The number of rotatable bonds is 4. The third kappa shape index (κ3) is 3.12. The van der Waals surface area contributed by atoms with Crippen molar-refractivity contribution in [2.75, 3.05) is 12.4 Å². The SMILES string of the molecule is CC1(CC2CCCS2)OCC(CC(=O)O)O1. The molecule has 0 saturated carbocycles. The summed E-state index contributed by atoms with van der Waals surface area (Å²) in [6.07, 6.45) is 3.11. The third-order valence-corrected chi connectivity index (χ3v) is 4.41. The molecule has 2 rings (SSSR count). The molecule has 1 N–H and O–H groups in total. The summed E-state index contributed by atoms with van der Waals surface area (Å²) in [6, 6.07) is 0. The van der Waals surface area contributed by atoms with Gasteiger partial charge in [0.15, 0.2) is 5.79 Å². The van der Waals surface area contributed by atoms with E-state index in [0.29, 0.717) is 11.9 Å². The highest BCUT2D eigenvalue weighted by molar-refractivity contribution is 8.00. The molecule has 2 saturated heterocycles. The lowest BCUT2D eigenvalue weighted by Crippen LogP contribution is -2.30. The molecule has 2 aliphatic rings.